The van der Waals surface area contributed by atoms with Crippen molar-refractivity contribution < 1.29 is 4.79 Å². The van der Waals surface area contributed by atoms with Crippen LogP contribution >= 0.6 is 0 Å². The summed E-state index contributed by atoms with van der Waals surface area (Å²) in [6, 6.07) is 7.94. The number of carbonyl (C=O) groups excluding carboxylic acids is 1. The Labute approximate surface area is 130 Å². The Morgan fingerprint density at radius 1 is 1.32 bits per heavy atom. The molecule has 1 aromatic carbocycles. The number of hydrogen-bond donors (Lipinski definition) is 2. The average Bonchev–Trinajstić information content (AvgIpc) is 3.05. The second kappa shape index (κ2) is 5.93. The molecule has 1 aliphatic rings. The van der Waals surface area contributed by atoms with Crippen LogP contribution in [0.4, 0.5) is 5.69 Å². The van der Waals surface area contributed by atoms with Gasteiger partial charge in [0.05, 0.1) is 0 Å². The first kappa shape index (κ1) is 14.8. The number of nitrogens with one attached hydrogen (secondary N) is 2. The zero-order chi connectivity index (χ0) is 15.6. The van der Waals surface area contributed by atoms with Crippen molar-refractivity contribution in [2.24, 2.45) is 0 Å². The van der Waals surface area contributed by atoms with Gasteiger partial charge in [-0.1, -0.05) is 17.7 Å². The molecule has 0 aliphatic carbocycles. The van der Waals surface area contributed by atoms with Crippen LogP contribution in [0.2, 0.25) is 0 Å². The minimum atomic E-state index is -0.605. The Hall–Kier alpha value is -2.14. The Morgan fingerprint density at radius 3 is 2.73 bits per heavy atom. The van der Waals surface area contributed by atoms with E-state index in [1.165, 1.54) is 5.56 Å². The molecule has 5 heteroatoms. The molecule has 1 aliphatic heterocycles. The van der Waals surface area contributed by atoms with Gasteiger partial charge in [0.2, 0.25) is 0 Å². The van der Waals surface area contributed by atoms with Gasteiger partial charge in [-0.05, 0) is 57.5 Å². The highest BCUT2D eigenvalue weighted by Gasteiger charge is 2.42. The standard InChI is InChI=1S/C17H22N4O/c1-13-4-5-15(14(2)12-13)20-16(22)17(6-9-18-10-7-17)21-11-3-8-19-21/h3-5,8,11-12,18H,6-7,9-10H2,1-2H3,(H,20,22). The Balaban J connectivity index is 1.90. The van der Waals surface area contributed by atoms with E-state index in [2.05, 4.69) is 28.7 Å². The SMILES string of the molecule is Cc1ccc(NC(=O)C2(n3cccn3)CCNCC2)c(C)c1. The van der Waals surface area contributed by atoms with E-state index in [9.17, 15) is 4.79 Å². The summed E-state index contributed by atoms with van der Waals surface area (Å²) in [7, 11) is 0. The van der Waals surface area contributed by atoms with E-state index in [1.54, 1.807) is 6.20 Å². The maximum atomic E-state index is 13.0. The van der Waals surface area contributed by atoms with E-state index in [0.717, 1.165) is 37.2 Å². The van der Waals surface area contributed by atoms with Crippen molar-refractivity contribution in [3.05, 3.63) is 47.8 Å². The lowest BCUT2D eigenvalue weighted by Crippen LogP contribution is -2.52. The molecule has 1 aromatic heterocycles. The molecular formula is C17H22N4O. The Bertz CT molecular complexity index is 657. The third-order valence-corrected chi connectivity index (χ3v) is 4.43. The quantitative estimate of drug-likeness (QED) is 0.913. The molecular weight excluding hydrogens is 276 g/mol. The summed E-state index contributed by atoms with van der Waals surface area (Å²) in [4.78, 5) is 13.0. The molecule has 1 fully saturated rings. The summed E-state index contributed by atoms with van der Waals surface area (Å²) in [6.07, 6.45) is 5.10. The number of benzene rings is 1. The molecule has 0 atom stereocenters. The molecule has 5 nitrogen and oxygen atoms in total. The lowest BCUT2D eigenvalue weighted by Gasteiger charge is -2.36. The van der Waals surface area contributed by atoms with Gasteiger partial charge < -0.3 is 10.6 Å². The highest BCUT2D eigenvalue weighted by atomic mass is 16.2. The lowest BCUT2D eigenvalue weighted by molar-refractivity contribution is -0.126. The monoisotopic (exact) mass is 298 g/mol. The zero-order valence-electron chi connectivity index (χ0n) is 13.1. The van der Waals surface area contributed by atoms with Crippen LogP contribution in [-0.4, -0.2) is 28.8 Å². The molecule has 0 radical (unpaired) electrons. The van der Waals surface area contributed by atoms with Crippen molar-refractivity contribution in [2.75, 3.05) is 18.4 Å². The van der Waals surface area contributed by atoms with Crippen molar-refractivity contribution in [3.8, 4) is 0 Å². The van der Waals surface area contributed by atoms with E-state index in [1.807, 2.05) is 36.0 Å². The number of aromatic nitrogens is 2. The normalized spacial score (nSPS) is 17.2. The maximum Gasteiger partial charge on any atom is 0.252 e. The number of aryl methyl sites for hydroxylation is 2. The fourth-order valence-electron chi connectivity index (χ4n) is 3.12. The van der Waals surface area contributed by atoms with Gasteiger partial charge in [0, 0.05) is 18.1 Å². The summed E-state index contributed by atoms with van der Waals surface area (Å²) >= 11 is 0. The van der Waals surface area contributed by atoms with E-state index in [0.29, 0.717) is 0 Å². The summed E-state index contributed by atoms with van der Waals surface area (Å²) in [5.74, 6) is 0.0182. The molecule has 0 saturated carbocycles. The van der Waals surface area contributed by atoms with Crippen LogP contribution in [0.25, 0.3) is 0 Å². The van der Waals surface area contributed by atoms with Crippen LogP contribution in [0.3, 0.4) is 0 Å². The number of carbonyl (C=O) groups is 1. The molecule has 2 aromatic rings. The van der Waals surface area contributed by atoms with Crippen LogP contribution in [0, 0.1) is 13.8 Å². The Kier molecular flexibility index (Phi) is 3.98. The number of hydrogen-bond acceptors (Lipinski definition) is 3. The van der Waals surface area contributed by atoms with Crippen molar-refractivity contribution in [1.82, 2.24) is 15.1 Å². The topological polar surface area (TPSA) is 59.0 Å². The largest absolute Gasteiger partial charge is 0.324 e. The second-order valence-electron chi connectivity index (χ2n) is 6.00. The Morgan fingerprint density at radius 2 is 2.09 bits per heavy atom. The molecule has 0 unspecified atom stereocenters. The third-order valence-electron chi connectivity index (χ3n) is 4.43. The first-order chi connectivity index (χ1) is 10.6. The number of anilines is 1. The van der Waals surface area contributed by atoms with Gasteiger partial charge in [0.15, 0.2) is 0 Å². The van der Waals surface area contributed by atoms with Crippen molar-refractivity contribution in [1.29, 1.82) is 0 Å². The molecule has 116 valence electrons. The fraction of sp³-hybridized carbons (Fsp3) is 0.412. The van der Waals surface area contributed by atoms with E-state index >= 15 is 0 Å². The molecule has 0 spiro atoms. The van der Waals surface area contributed by atoms with Crippen molar-refractivity contribution in [3.63, 3.8) is 0 Å². The molecule has 2 heterocycles. The lowest BCUT2D eigenvalue weighted by atomic mass is 9.87. The molecule has 0 bridgehead atoms. The molecule has 22 heavy (non-hydrogen) atoms. The second-order valence-corrected chi connectivity index (χ2v) is 6.00. The molecule has 1 saturated heterocycles. The van der Waals surface area contributed by atoms with Gasteiger partial charge >= 0.3 is 0 Å². The van der Waals surface area contributed by atoms with Gasteiger partial charge in [-0.2, -0.15) is 5.10 Å². The highest BCUT2D eigenvalue weighted by Crippen LogP contribution is 2.29. The summed E-state index contributed by atoms with van der Waals surface area (Å²) < 4.78 is 1.81. The summed E-state index contributed by atoms with van der Waals surface area (Å²) in [5.41, 5.74) is 2.55. The number of rotatable bonds is 3. The molecule has 2 N–H and O–H groups in total. The van der Waals surface area contributed by atoms with Gasteiger partial charge in [0.25, 0.3) is 5.91 Å². The molecule has 1 amide bonds. The minimum Gasteiger partial charge on any atom is -0.324 e. The van der Waals surface area contributed by atoms with E-state index < -0.39 is 5.54 Å². The predicted molar refractivity (Wildman–Crippen MR) is 86.9 cm³/mol. The van der Waals surface area contributed by atoms with Crippen LogP contribution in [0.5, 0.6) is 0 Å². The van der Waals surface area contributed by atoms with Crippen LogP contribution in [-0.2, 0) is 10.3 Å². The fourth-order valence-corrected chi connectivity index (χ4v) is 3.12. The third kappa shape index (κ3) is 2.64. The van der Waals surface area contributed by atoms with E-state index in [-0.39, 0.29) is 5.91 Å². The predicted octanol–water partition coefficient (Wildman–Crippen LogP) is 2.22. The number of nitrogens with zero attached hydrogens (tertiary/aromatic N) is 2. The van der Waals surface area contributed by atoms with Crippen LogP contribution < -0.4 is 10.6 Å². The van der Waals surface area contributed by atoms with Crippen molar-refractivity contribution in [2.45, 2.75) is 32.2 Å². The number of piperidine rings is 1. The first-order valence-corrected chi connectivity index (χ1v) is 7.71. The summed E-state index contributed by atoms with van der Waals surface area (Å²) in [5, 5.41) is 10.8. The number of amides is 1. The highest BCUT2D eigenvalue weighted by molar-refractivity contribution is 5.97. The first-order valence-electron chi connectivity index (χ1n) is 7.71. The smallest absolute Gasteiger partial charge is 0.252 e. The van der Waals surface area contributed by atoms with E-state index in [4.69, 9.17) is 0 Å². The average molecular weight is 298 g/mol. The maximum absolute atomic E-state index is 13.0. The van der Waals surface area contributed by atoms with Gasteiger partial charge in [0.1, 0.15) is 5.54 Å². The van der Waals surface area contributed by atoms with Crippen LogP contribution in [0.1, 0.15) is 24.0 Å². The van der Waals surface area contributed by atoms with Gasteiger partial charge in [-0.25, -0.2) is 0 Å². The zero-order valence-corrected chi connectivity index (χ0v) is 13.1. The summed E-state index contributed by atoms with van der Waals surface area (Å²) in [6.45, 7) is 5.71. The van der Waals surface area contributed by atoms with Crippen molar-refractivity contribution >= 4 is 11.6 Å². The van der Waals surface area contributed by atoms with Gasteiger partial charge in [-0.3, -0.25) is 9.48 Å². The van der Waals surface area contributed by atoms with Gasteiger partial charge in [-0.15, -0.1) is 0 Å². The minimum absolute atomic E-state index is 0.0182. The molecule has 3 rings (SSSR count). The van der Waals surface area contributed by atoms with Crippen LogP contribution in [0.15, 0.2) is 36.7 Å².